The van der Waals surface area contributed by atoms with Crippen LogP contribution in [0.25, 0.3) is 0 Å². The van der Waals surface area contributed by atoms with Crippen LogP contribution in [-0.2, 0) is 0 Å². The van der Waals surface area contributed by atoms with Gasteiger partial charge >= 0.3 is 6.03 Å². The summed E-state index contributed by atoms with van der Waals surface area (Å²) in [7, 11) is 3.83. The van der Waals surface area contributed by atoms with E-state index in [-0.39, 0.29) is 6.03 Å². The Kier molecular flexibility index (Phi) is 5.08. The molecule has 2 rings (SSSR count). The van der Waals surface area contributed by atoms with Crippen LogP contribution in [0.2, 0.25) is 5.02 Å². The topological polar surface area (TPSA) is 55.8 Å². The van der Waals surface area contributed by atoms with Gasteiger partial charge in [-0.25, -0.2) is 4.79 Å². The number of para-hydroxylation sites is 1. The van der Waals surface area contributed by atoms with Crippen molar-refractivity contribution in [2.45, 2.75) is 18.4 Å². The number of amides is 2. The van der Waals surface area contributed by atoms with E-state index in [9.17, 15) is 9.90 Å². The van der Waals surface area contributed by atoms with E-state index in [0.717, 1.165) is 6.42 Å². The zero-order valence-electron chi connectivity index (χ0n) is 12.5. The molecule has 0 unspecified atom stereocenters. The fourth-order valence-corrected chi connectivity index (χ4v) is 2.94. The first-order valence-corrected chi connectivity index (χ1v) is 7.45. The minimum absolute atomic E-state index is 0.222. The van der Waals surface area contributed by atoms with E-state index in [1.54, 1.807) is 17.0 Å². The lowest BCUT2D eigenvalue weighted by molar-refractivity contribution is -0.0333. The van der Waals surface area contributed by atoms with E-state index >= 15 is 0 Å². The van der Waals surface area contributed by atoms with E-state index in [2.05, 4.69) is 5.32 Å². The van der Waals surface area contributed by atoms with E-state index in [0.29, 0.717) is 36.8 Å². The van der Waals surface area contributed by atoms with Crippen LogP contribution in [0.15, 0.2) is 24.3 Å². The van der Waals surface area contributed by atoms with E-state index < -0.39 is 5.60 Å². The molecule has 1 aliphatic heterocycles. The number of urea groups is 1. The number of halogens is 1. The van der Waals surface area contributed by atoms with Gasteiger partial charge in [-0.15, -0.1) is 0 Å². The molecule has 2 N–H and O–H groups in total. The largest absolute Gasteiger partial charge is 0.387 e. The molecule has 0 bridgehead atoms. The maximum Gasteiger partial charge on any atom is 0.321 e. The summed E-state index contributed by atoms with van der Waals surface area (Å²) in [5.74, 6) is 0. The van der Waals surface area contributed by atoms with Crippen molar-refractivity contribution in [2.24, 2.45) is 0 Å². The van der Waals surface area contributed by atoms with E-state index in [1.807, 2.05) is 31.1 Å². The molecule has 1 heterocycles. The van der Waals surface area contributed by atoms with Crippen LogP contribution in [-0.4, -0.2) is 60.3 Å². The number of rotatable bonds is 3. The van der Waals surface area contributed by atoms with Crippen LogP contribution < -0.4 is 5.32 Å². The third-order valence-corrected chi connectivity index (χ3v) is 3.90. The number of piperidine rings is 1. The Hall–Kier alpha value is -1.30. The molecule has 6 heteroatoms. The molecule has 1 atom stereocenters. The van der Waals surface area contributed by atoms with Crippen LogP contribution in [0.4, 0.5) is 10.5 Å². The summed E-state index contributed by atoms with van der Waals surface area (Å²) < 4.78 is 0. The Bertz CT molecular complexity index is 509. The quantitative estimate of drug-likeness (QED) is 0.900. The lowest BCUT2D eigenvalue weighted by Crippen LogP contribution is -2.55. The summed E-state index contributed by atoms with van der Waals surface area (Å²) in [6.45, 7) is 1.52. The highest BCUT2D eigenvalue weighted by atomic mass is 35.5. The minimum atomic E-state index is -0.848. The Morgan fingerprint density at radius 2 is 2.19 bits per heavy atom. The van der Waals surface area contributed by atoms with Crippen molar-refractivity contribution in [1.29, 1.82) is 0 Å². The number of likely N-dealkylation sites (tertiary alicyclic amines) is 1. The molecule has 1 aromatic carbocycles. The van der Waals surface area contributed by atoms with Crippen LogP contribution in [0.5, 0.6) is 0 Å². The smallest absolute Gasteiger partial charge is 0.321 e. The van der Waals surface area contributed by atoms with Gasteiger partial charge in [-0.05, 0) is 39.1 Å². The van der Waals surface area contributed by atoms with Crippen molar-refractivity contribution < 1.29 is 9.90 Å². The summed E-state index contributed by atoms with van der Waals surface area (Å²) in [4.78, 5) is 15.9. The summed E-state index contributed by atoms with van der Waals surface area (Å²) in [6.07, 6.45) is 1.50. The number of β-amino-alcohol motifs (C(OH)–C–C–N with tert-alkyl or cyclic N) is 1. The van der Waals surface area contributed by atoms with Crippen LogP contribution in [0.1, 0.15) is 12.8 Å². The van der Waals surface area contributed by atoms with Gasteiger partial charge in [-0.1, -0.05) is 23.7 Å². The number of nitrogens with zero attached hydrogens (tertiary/aromatic N) is 2. The maximum atomic E-state index is 12.3. The molecule has 1 fully saturated rings. The van der Waals surface area contributed by atoms with Gasteiger partial charge in [0.15, 0.2) is 0 Å². The van der Waals surface area contributed by atoms with Gasteiger partial charge < -0.3 is 20.2 Å². The maximum absolute atomic E-state index is 12.3. The fourth-order valence-electron chi connectivity index (χ4n) is 2.76. The van der Waals surface area contributed by atoms with Gasteiger partial charge in [-0.2, -0.15) is 0 Å². The molecular formula is C15H22ClN3O2. The predicted molar refractivity (Wildman–Crippen MR) is 84.8 cm³/mol. The minimum Gasteiger partial charge on any atom is -0.387 e. The van der Waals surface area contributed by atoms with E-state index in [1.165, 1.54) is 0 Å². The van der Waals surface area contributed by atoms with E-state index in [4.69, 9.17) is 11.6 Å². The van der Waals surface area contributed by atoms with Crippen molar-refractivity contribution in [1.82, 2.24) is 9.80 Å². The van der Waals surface area contributed by atoms with Crippen molar-refractivity contribution in [3.63, 3.8) is 0 Å². The molecule has 0 aliphatic carbocycles. The van der Waals surface area contributed by atoms with Crippen LogP contribution >= 0.6 is 11.6 Å². The third-order valence-electron chi connectivity index (χ3n) is 3.57. The average Bonchev–Trinajstić information content (AvgIpc) is 2.40. The first kappa shape index (κ1) is 16.1. The molecule has 0 aromatic heterocycles. The first-order valence-electron chi connectivity index (χ1n) is 7.07. The zero-order valence-corrected chi connectivity index (χ0v) is 13.2. The molecule has 0 radical (unpaired) electrons. The number of hydrogen-bond donors (Lipinski definition) is 2. The molecule has 1 aromatic rings. The molecule has 2 amide bonds. The molecule has 1 aliphatic rings. The molecular weight excluding hydrogens is 290 g/mol. The molecule has 5 nitrogen and oxygen atoms in total. The summed E-state index contributed by atoms with van der Waals surface area (Å²) >= 11 is 6.04. The summed E-state index contributed by atoms with van der Waals surface area (Å²) in [5.41, 5.74) is -0.259. The Morgan fingerprint density at radius 1 is 1.48 bits per heavy atom. The van der Waals surface area contributed by atoms with Crippen LogP contribution in [0.3, 0.4) is 0 Å². The third kappa shape index (κ3) is 4.33. The van der Waals surface area contributed by atoms with Crippen molar-refractivity contribution in [3.8, 4) is 0 Å². The second-order valence-corrected chi connectivity index (χ2v) is 6.30. The van der Waals surface area contributed by atoms with Gasteiger partial charge in [0, 0.05) is 13.1 Å². The standard InChI is InChI=1S/C15H22ClN3O2/c1-18(2)10-15(21)8-5-9-19(11-15)14(20)17-13-7-4-3-6-12(13)16/h3-4,6-7,21H,5,8-11H2,1-2H3,(H,17,20)/t15-/m0/s1. The molecule has 1 saturated heterocycles. The summed E-state index contributed by atoms with van der Waals surface area (Å²) in [5, 5.41) is 13.9. The van der Waals surface area contributed by atoms with Gasteiger partial charge in [0.1, 0.15) is 0 Å². The number of aliphatic hydroxyl groups is 1. The number of benzene rings is 1. The van der Waals surface area contributed by atoms with Gasteiger partial charge in [0.05, 0.1) is 22.9 Å². The zero-order chi connectivity index (χ0) is 15.5. The predicted octanol–water partition coefficient (Wildman–Crippen LogP) is 2.26. The molecule has 21 heavy (non-hydrogen) atoms. The molecule has 0 spiro atoms. The summed E-state index contributed by atoms with van der Waals surface area (Å²) in [6, 6.07) is 6.90. The number of carbonyl (C=O) groups excluding carboxylic acids is 1. The first-order chi connectivity index (χ1) is 9.89. The van der Waals surface area contributed by atoms with Gasteiger partial charge in [0.25, 0.3) is 0 Å². The second-order valence-electron chi connectivity index (χ2n) is 5.90. The highest BCUT2D eigenvalue weighted by Crippen LogP contribution is 2.24. The average molecular weight is 312 g/mol. The number of likely N-dealkylation sites (N-methyl/N-ethyl adjacent to an activating group) is 1. The van der Waals surface area contributed by atoms with Crippen LogP contribution in [0, 0.1) is 0 Å². The highest BCUT2D eigenvalue weighted by molar-refractivity contribution is 6.33. The Labute approximate surface area is 130 Å². The molecule has 0 saturated carbocycles. The second kappa shape index (κ2) is 6.64. The van der Waals surface area contributed by atoms with Crippen molar-refractivity contribution in [3.05, 3.63) is 29.3 Å². The number of hydrogen-bond acceptors (Lipinski definition) is 3. The van der Waals surface area contributed by atoms with Gasteiger partial charge in [-0.3, -0.25) is 0 Å². The monoisotopic (exact) mass is 311 g/mol. The van der Waals surface area contributed by atoms with Crippen molar-refractivity contribution in [2.75, 3.05) is 39.0 Å². The highest BCUT2D eigenvalue weighted by Gasteiger charge is 2.35. The van der Waals surface area contributed by atoms with Gasteiger partial charge in [0.2, 0.25) is 0 Å². The molecule has 116 valence electrons. The Balaban J connectivity index is 2.01. The normalized spacial score (nSPS) is 22.4. The Morgan fingerprint density at radius 3 is 2.86 bits per heavy atom. The van der Waals surface area contributed by atoms with Crippen molar-refractivity contribution >= 4 is 23.3 Å². The lowest BCUT2D eigenvalue weighted by atomic mass is 9.92. The number of carbonyl (C=O) groups is 1. The lowest BCUT2D eigenvalue weighted by Gasteiger charge is -2.40. The number of anilines is 1. The SMILES string of the molecule is CN(C)C[C@@]1(O)CCCN(C(=O)Nc2ccccc2Cl)C1. The number of nitrogens with one attached hydrogen (secondary N) is 1. The fraction of sp³-hybridized carbons (Fsp3) is 0.533.